The van der Waals surface area contributed by atoms with Crippen molar-refractivity contribution in [3.8, 4) is 5.75 Å². The SMILES string of the molecule is CC=C(Oc1ccc(N2CCN(c3ccncc3)CC2)cc1)C(=O)OCC. The van der Waals surface area contributed by atoms with Crippen molar-refractivity contribution >= 4 is 17.3 Å². The van der Waals surface area contributed by atoms with Crippen LogP contribution in [0.4, 0.5) is 11.4 Å². The van der Waals surface area contributed by atoms with E-state index in [-0.39, 0.29) is 5.76 Å². The van der Waals surface area contributed by atoms with Crippen molar-refractivity contribution in [1.82, 2.24) is 4.98 Å². The third-order valence-corrected chi connectivity index (χ3v) is 4.48. The van der Waals surface area contributed by atoms with Crippen molar-refractivity contribution in [2.24, 2.45) is 0 Å². The summed E-state index contributed by atoms with van der Waals surface area (Å²) in [5, 5.41) is 0. The predicted molar refractivity (Wildman–Crippen MR) is 106 cm³/mol. The van der Waals surface area contributed by atoms with E-state index in [1.807, 2.05) is 48.8 Å². The van der Waals surface area contributed by atoms with Crippen LogP contribution in [0.1, 0.15) is 13.8 Å². The summed E-state index contributed by atoms with van der Waals surface area (Å²) in [5.74, 6) is 0.377. The zero-order valence-electron chi connectivity index (χ0n) is 15.8. The number of carbonyl (C=O) groups excluding carboxylic acids is 1. The summed E-state index contributed by atoms with van der Waals surface area (Å²) in [4.78, 5) is 20.6. The van der Waals surface area contributed by atoms with E-state index in [4.69, 9.17) is 9.47 Å². The Bertz CT molecular complexity index is 767. The molecule has 0 aliphatic carbocycles. The lowest BCUT2D eigenvalue weighted by Crippen LogP contribution is -2.46. The Morgan fingerprint density at radius 2 is 1.56 bits per heavy atom. The molecule has 1 aliphatic rings. The first-order valence-corrected chi connectivity index (χ1v) is 9.22. The Morgan fingerprint density at radius 3 is 2.07 bits per heavy atom. The summed E-state index contributed by atoms with van der Waals surface area (Å²) in [5.41, 5.74) is 2.36. The minimum atomic E-state index is -0.448. The lowest BCUT2D eigenvalue weighted by atomic mass is 10.2. The smallest absolute Gasteiger partial charge is 0.373 e. The van der Waals surface area contributed by atoms with Gasteiger partial charge in [-0.1, -0.05) is 0 Å². The molecule has 1 aromatic carbocycles. The number of nitrogens with zero attached hydrogens (tertiary/aromatic N) is 3. The molecule has 0 spiro atoms. The van der Waals surface area contributed by atoms with Crippen LogP contribution in [-0.2, 0) is 9.53 Å². The van der Waals surface area contributed by atoms with E-state index < -0.39 is 5.97 Å². The van der Waals surface area contributed by atoms with Gasteiger partial charge in [-0.05, 0) is 56.3 Å². The van der Waals surface area contributed by atoms with E-state index >= 15 is 0 Å². The summed E-state index contributed by atoms with van der Waals surface area (Å²) in [6.45, 7) is 7.68. The fraction of sp³-hybridized carbons (Fsp3) is 0.333. The molecule has 142 valence electrons. The third-order valence-electron chi connectivity index (χ3n) is 4.48. The number of allylic oxidation sites excluding steroid dienone is 1. The standard InChI is InChI=1S/C21H25N3O3/c1-3-20(21(25)26-4-2)27-19-7-5-17(6-8-19)23-13-15-24(16-14-23)18-9-11-22-12-10-18/h3,5-12H,4,13-16H2,1-2H3. The first-order valence-electron chi connectivity index (χ1n) is 9.22. The molecular formula is C21H25N3O3. The molecular weight excluding hydrogens is 342 g/mol. The Labute approximate surface area is 160 Å². The van der Waals surface area contributed by atoms with Crippen LogP contribution >= 0.6 is 0 Å². The van der Waals surface area contributed by atoms with Gasteiger partial charge in [0.2, 0.25) is 5.76 Å². The topological polar surface area (TPSA) is 54.9 Å². The molecule has 0 saturated carbocycles. The zero-order valence-corrected chi connectivity index (χ0v) is 15.8. The van der Waals surface area contributed by atoms with Gasteiger partial charge in [0, 0.05) is 49.9 Å². The number of benzene rings is 1. The zero-order chi connectivity index (χ0) is 19.1. The minimum Gasteiger partial charge on any atom is -0.460 e. The molecule has 0 N–H and O–H groups in total. The van der Waals surface area contributed by atoms with Gasteiger partial charge >= 0.3 is 5.97 Å². The van der Waals surface area contributed by atoms with Crippen LogP contribution in [0.3, 0.4) is 0 Å². The Kier molecular flexibility index (Phi) is 6.30. The molecule has 0 atom stereocenters. The second-order valence-corrected chi connectivity index (χ2v) is 6.15. The van der Waals surface area contributed by atoms with Crippen LogP contribution in [0.25, 0.3) is 0 Å². The maximum atomic E-state index is 11.8. The molecule has 2 aromatic rings. The second kappa shape index (κ2) is 9.07. The maximum Gasteiger partial charge on any atom is 0.373 e. The number of aromatic nitrogens is 1. The third kappa shape index (κ3) is 4.78. The molecule has 1 saturated heterocycles. The number of anilines is 2. The molecule has 3 rings (SSSR count). The van der Waals surface area contributed by atoms with Crippen molar-refractivity contribution in [3.63, 3.8) is 0 Å². The lowest BCUT2D eigenvalue weighted by Gasteiger charge is -2.37. The second-order valence-electron chi connectivity index (χ2n) is 6.15. The minimum absolute atomic E-state index is 0.204. The average molecular weight is 367 g/mol. The number of pyridine rings is 1. The lowest BCUT2D eigenvalue weighted by molar-refractivity contribution is -0.141. The van der Waals surface area contributed by atoms with Crippen molar-refractivity contribution in [1.29, 1.82) is 0 Å². The number of esters is 1. The summed E-state index contributed by atoms with van der Waals surface area (Å²) >= 11 is 0. The van der Waals surface area contributed by atoms with Crippen LogP contribution in [0, 0.1) is 0 Å². The average Bonchev–Trinajstić information content (AvgIpc) is 2.73. The van der Waals surface area contributed by atoms with Gasteiger partial charge < -0.3 is 19.3 Å². The molecule has 0 bridgehead atoms. The van der Waals surface area contributed by atoms with Crippen LogP contribution in [0.15, 0.2) is 60.6 Å². The van der Waals surface area contributed by atoms with Gasteiger partial charge in [-0.15, -0.1) is 0 Å². The first kappa shape index (κ1) is 18.8. The number of carbonyl (C=O) groups is 1. The molecule has 1 fully saturated rings. The van der Waals surface area contributed by atoms with Crippen molar-refractivity contribution < 1.29 is 14.3 Å². The number of hydrogen-bond donors (Lipinski definition) is 0. The molecule has 2 heterocycles. The highest BCUT2D eigenvalue weighted by Gasteiger charge is 2.18. The molecule has 6 heteroatoms. The highest BCUT2D eigenvalue weighted by atomic mass is 16.6. The molecule has 6 nitrogen and oxygen atoms in total. The van der Waals surface area contributed by atoms with Crippen molar-refractivity contribution in [2.75, 3.05) is 42.6 Å². The van der Waals surface area contributed by atoms with E-state index in [0.29, 0.717) is 12.4 Å². The monoisotopic (exact) mass is 367 g/mol. The largest absolute Gasteiger partial charge is 0.460 e. The van der Waals surface area contributed by atoms with Gasteiger partial charge in [0.25, 0.3) is 0 Å². The van der Waals surface area contributed by atoms with Crippen LogP contribution in [0.2, 0.25) is 0 Å². The normalized spacial score (nSPS) is 14.8. The fourth-order valence-corrected chi connectivity index (χ4v) is 3.05. The van der Waals surface area contributed by atoms with Gasteiger partial charge in [0.15, 0.2) is 0 Å². The summed E-state index contributed by atoms with van der Waals surface area (Å²) < 4.78 is 10.6. The molecule has 0 unspecified atom stereocenters. The summed E-state index contributed by atoms with van der Waals surface area (Å²) in [6, 6.07) is 11.9. The highest BCUT2D eigenvalue weighted by Crippen LogP contribution is 2.23. The van der Waals surface area contributed by atoms with E-state index in [1.165, 1.54) is 5.69 Å². The molecule has 0 radical (unpaired) electrons. The quantitative estimate of drug-likeness (QED) is 0.444. The van der Waals surface area contributed by atoms with Gasteiger partial charge in [0.05, 0.1) is 6.61 Å². The fourth-order valence-electron chi connectivity index (χ4n) is 3.05. The Morgan fingerprint density at radius 1 is 1.00 bits per heavy atom. The van der Waals surface area contributed by atoms with Gasteiger partial charge in [-0.2, -0.15) is 0 Å². The summed E-state index contributed by atoms with van der Waals surface area (Å²) in [7, 11) is 0. The van der Waals surface area contributed by atoms with E-state index in [0.717, 1.165) is 31.9 Å². The van der Waals surface area contributed by atoms with Gasteiger partial charge in [-0.25, -0.2) is 4.79 Å². The highest BCUT2D eigenvalue weighted by molar-refractivity contribution is 5.86. The summed E-state index contributed by atoms with van der Waals surface area (Å²) in [6.07, 6.45) is 5.27. The van der Waals surface area contributed by atoms with E-state index in [9.17, 15) is 4.79 Å². The van der Waals surface area contributed by atoms with Crippen molar-refractivity contribution in [3.05, 3.63) is 60.6 Å². The predicted octanol–water partition coefficient (Wildman–Crippen LogP) is 3.25. The van der Waals surface area contributed by atoms with Crippen LogP contribution in [0.5, 0.6) is 5.75 Å². The molecule has 27 heavy (non-hydrogen) atoms. The van der Waals surface area contributed by atoms with E-state index in [2.05, 4.69) is 14.8 Å². The number of piperazine rings is 1. The first-order chi connectivity index (χ1) is 13.2. The van der Waals surface area contributed by atoms with Crippen LogP contribution in [-0.4, -0.2) is 43.7 Å². The maximum absolute atomic E-state index is 11.8. The molecule has 1 aliphatic heterocycles. The van der Waals surface area contributed by atoms with Gasteiger partial charge in [0.1, 0.15) is 5.75 Å². The molecule has 1 aromatic heterocycles. The Hall–Kier alpha value is -3.02. The van der Waals surface area contributed by atoms with Crippen molar-refractivity contribution in [2.45, 2.75) is 13.8 Å². The number of rotatable bonds is 6. The molecule has 0 amide bonds. The number of hydrogen-bond acceptors (Lipinski definition) is 6. The van der Waals surface area contributed by atoms with Crippen LogP contribution < -0.4 is 14.5 Å². The Balaban J connectivity index is 1.57. The van der Waals surface area contributed by atoms with E-state index in [1.54, 1.807) is 19.9 Å². The number of ether oxygens (including phenoxy) is 2. The van der Waals surface area contributed by atoms with Gasteiger partial charge in [-0.3, -0.25) is 4.98 Å².